The van der Waals surface area contributed by atoms with Gasteiger partial charge >= 0.3 is 6.05 Å². The molecule has 0 aromatic rings. The summed E-state index contributed by atoms with van der Waals surface area (Å²) in [4.78, 5) is 0. The number of alkyl halides is 2. The SMILES string of the molecule is CNC(F)(F)C1=CCC=CC=C1. The number of rotatable bonds is 2. The molecule has 1 nitrogen and oxygen atoms in total. The molecule has 0 amide bonds. The molecule has 1 aliphatic rings. The van der Waals surface area contributed by atoms with Crippen molar-refractivity contribution in [3.63, 3.8) is 0 Å². The molecule has 0 aliphatic heterocycles. The second-order valence-corrected chi connectivity index (χ2v) is 2.51. The molecule has 1 aliphatic carbocycles. The Hall–Kier alpha value is -0.960. The maximum absolute atomic E-state index is 13.0. The van der Waals surface area contributed by atoms with Crippen LogP contribution in [0, 0.1) is 0 Å². The third-order valence-corrected chi connectivity index (χ3v) is 1.67. The van der Waals surface area contributed by atoms with Crippen LogP contribution in [-0.4, -0.2) is 13.1 Å². The lowest BCUT2D eigenvalue weighted by Gasteiger charge is -2.15. The number of hydrogen-bond acceptors (Lipinski definition) is 1. The number of halogens is 2. The first-order chi connectivity index (χ1) is 5.67. The summed E-state index contributed by atoms with van der Waals surface area (Å²) in [5, 5.41) is 1.96. The summed E-state index contributed by atoms with van der Waals surface area (Å²) in [5.74, 6) is 0. The van der Waals surface area contributed by atoms with E-state index in [1.165, 1.54) is 19.2 Å². The topological polar surface area (TPSA) is 12.0 Å². The van der Waals surface area contributed by atoms with Crippen molar-refractivity contribution in [3.8, 4) is 0 Å². The largest absolute Gasteiger partial charge is 0.328 e. The van der Waals surface area contributed by atoms with Gasteiger partial charge in [0.2, 0.25) is 0 Å². The van der Waals surface area contributed by atoms with Crippen molar-refractivity contribution in [2.24, 2.45) is 0 Å². The van der Waals surface area contributed by atoms with Crippen LogP contribution in [0.2, 0.25) is 0 Å². The summed E-state index contributed by atoms with van der Waals surface area (Å²) in [6, 6.07) is -2.91. The zero-order valence-electron chi connectivity index (χ0n) is 6.85. The Bertz CT molecular complexity index is 239. The summed E-state index contributed by atoms with van der Waals surface area (Å²) in [7, 11) is 1.24. The zero-order chi connectivity index (χ0) is 9.03. The van der Waals surface area contributed by atoms with E-state index in [1.54, 1.807) is 12.2 Å². The van der Waals surface area contributed by atoms with Crippen molar-refractivity contribution in [3.05, 3.63) is 36.0 Å². The quantitative estimate of drug-likeness (QED) is 0.628. The van der Waals surface area contributed by atoms with Crippen molar-refractivity contribution in [1.82, 2.24) is 5.32 Å². The fourth-order valence-electron chi connectivity index (χ4n) is 0.957. The summed E-state index contributed by atoms with van der Waals surface area (Å²) >= 11 is 0. The number of nitrogens with one attached hydrogen (secondary N) is 1. The lowest BCUT2D eigenvalue weighted by atomic mass is 10.2. The molecule has 0 spiro atoms. The highest BCUT2D eigenvalue weighted by molar-refractivity contribution is 5.30. The van der Waals surface area contributed by atoms with Crippen LogP contribution in [0.1, 0.15) is 6.42 Å². The second-order valence-electron chi connectivity index (χ2n) is 2.51. The van der Waals surface area contributed by atoms with E-state index in [-0.39, 0.29) is 5.57 Å². The molecule has 0 aromatic carbocycles. The van der Waals surface area contributed by atoms with Gasteiger partial charge in [0.05, 0.1) is 0 Å². The van der Waals surface area contributed by atoms with Gasteiger partial charge in [0.25, 0.3) is 0 Å². The molecular formula is C9H11F2N. The van der Waals surface area contributed by atoms with Gasteiger partial charge in [-0.05, 0) is 13.5 Å². The average molecular weight is 171 g/mol. The lowest BCUT2D eigenvalue weighted by Crippen LogP contribution is -2.34. The second kappa shape index (κ2) is 3.63. The predicted molar refractivity (Wildman–Crippen MR) is 45.0 cm³/mol. The first kappa shape index (κ1) is 9.13. The molecule has 66 valence electrons. The minimum absolute atomic E-state index is 0.0231. The van der Waals surface area contributed by atoms with Gasteiger partial charge in [-0.2, -0.15) is 8.78 Å². The van der Waals surface area contributed by atoms with Crippen LogP contribution >= 0.6 is 0 Å². The summed E-state index contributed by atoms with van der Waals surface area (Å²) in [6.45, 7) is 0. The number of allylic oxidation sites excluding steroid dienone is 4. The van der Waals surface area contributed by atoms with Gasteiger partial charge in [-0.3, -0.25) is 5.32 Å². The molecule has 0 saturated heterocycles. The van der Waals surface area contributed by atoms with Crippen molar-refractivity contribution < 1.29 is 8.78 Å². The van der Waals surface area contributed by atoms with Crippen LogP contribution in [0.4, 0.5) is 8.78 Å². The number of hydrogen-bond donors (Lipinski definition) is 1. The van der Waals surface area contributed by atoms with Crippen LogP contribution in [0.15, 0.2) is 36.0 Å². The standard InChI is InChI=1S/C9H11F2N/c1-12-9(10,11)8-6-4-2-3-5-7-8/h2-4,6-7,12H,5H2,1H3. The van der Waals surface area contributed by atoms with Gasteiger partial charge in [0.1, 0.15) is 0 Å². The van der Waals surface area contributed by atoms with E-state index in [0.29, 0.717) is 6.42 Å². The third-order valence-electron chi connectivity index (χ3n) is 1.67. The van der Waals surface area contributed by atoms with E-state index in [2.05, 4.69) is 0 Å². The van der Waals surface area contributed by atoms with Crippen LogP contribution in [-0.2, 0) is 0 Å². The Morgan fingerprint density at radius 3 is 2.83 bits per heavy atom. The highest BCUT2D eigenvalue weighted by Gasteiger charge is 2.29. The Morgan fingerprint density at radius 2 is 2.17 bits per heavy atom. The molecule has 0 atom stereocenters. The molecule has 0 fully saturated rings. The van der Waals surface area contributed by atoms with E-state index in [9.17, 15) is 8.78 Å². The van der Waals surface area contributed by atoms with Crippen LogP contribution < -0.4 is 5.32 Å². The highest BCUT2D eigenvalue weighted by Crippen LogP contribution is 2.23. The lowest BCUT2D eigenvalue weighted by molar-refractivity contribution is 0.0161. The van der Waals surface area contributed by atoms with E-state index in [1.807, 2.05) is 11.4 Å². The molecule has 1 N–H and O–H groups in total. The summed E-state index contributed by atoms with van der Waals surface area (Å²) in [6.07, 6.45) is 8.69. The summed E-state index contributed by atoms with van der Waals surface area (Å²) < 4.78 is 25.9. The monoisotopic (exact) mass is 171 g/mol. The molecule has 0 saturated carbocycles. The normalized spacial score (nSPS) is 17.4. The minimum atomic E-state index is -2.91. The molecular weight excluding hydrogens is 160 g/mol. The van der Waals surface area contributed by atoms with E-state index in [4.69, 9.17) is 0 Å². The molecule has 12 heavy (non-hydrogen) atoms. The van der Waals surface area contributed by atoms with Crippen molar-refractivity contribution >= 4 is 0 Å². The smallest absolute Gasteiger partial charge is 0.257 e. The Kier molecular flexibility index (Phi) is 2.76. The first-order valence-corrected chi connectivity index (χ1v) is 3.77. The third kappa shape index (κ3) is 2.01. The fourth-order valence-corrected chi connectivity index (χ4v) is 0.957. The Labute approximate surface area is 70.5 Å². The minimum Gasteiger partial charge on any atom is -0.257 e. The highest BCUT2D eigenvalue weighted by atomic mass is 19.3. The van der Waals surface area contributed by atoms with Crippen molar-refractivity contribution in [2.45, 2.75) is 12.5 Å². The van der Waals surface area contributed by atoms with Gasteiger partial charge in [-0.1, -0.05) is 30.4 Å². The maximum Gasteiger partial charge on any atom is 0.328 e. The predicted octanol–water partition coefficient (Wildman–Crippen LogP) is 2.24. The zero-order valence-corrected chi connectivity index (χ0v) is 6.85. The molecule has 0 unspecified atom stereocenters. The average Bonchev–Trinajstić information content (AvgIpc) is 2.32. The van der Waals surface area contributed by atoms with Crippen molar-refractivity contribution in [1.29, 1.82) is 0 Å². The summed E-state index contributed by atoms with van der Waals surface area (Å²) in [5.41, 5.74) is 0.0231. The molecule has 0 aromatic heterocycles. The van der Waals surface area contributed by atoms with E-state index < -0.39 is 6.05 Å². The van der Waals surface area contributed by atoms with Crippen molar-refractivity contribution in [2.75, 3.05) is 7.05 Å². The van der Waals surface area contributed by atoms with Crippen LogP contribution in [0.5, 0.6) is 0 Å². The first-order valence-electron chi connectivity index (χ1n) is 3.77. The molecule has 0 bridgehead atoms. The van der Waals surface area contributed by atoms with Gasteiger partial charge in [-0.25, -0.2) is 0 Å². The van der Waals surface area contributed by atoms with Gasteiger partial charge in [-0.15, -0.1) is 0 Å². The molecule has 3 heteroatoms. The molecule has 0 radical (unpaired) electrons. The Balaban J connectivity index is 2.81. The van der Waals surface area contributed by atoms with E-state index >= 15 is 0 Å². The van der Waals surface area contributed by atoms with Crippen LogP contribution in [0.25, 0.3) is 0 Å². The Morgan fingerprint density at radius 1 is 1.42 bits per heavy atom. The molecule has 0 heterocycles. The van der Waals surface area contributed by atoms with Gasteiger partial charge in [0.15, 0.2) is 0 Å². The van der Waals surface area contributed by atoms with Gasteiger partial charge < -0.3 is 0 Å². The van der Waals surface area contributed by atoms with Gasteiger partial charge in [0, 0.05) is 5.57 Å². The van der Waals surface area contributed by atoms with E-state index in [0.717, 1.165) is 0 Å². The fraction of sp³-hybridized carbons (Fsp3) is 0.333. The van der Waals surface area contributed by atoms with Crippen LogP contribution in [0.3, 0.4) is 0 Å². The maximum atomic E-state index is 13.0. The molecule has 1 rings (SSSR count). The number of likely N-dealkylation sites (N-methyl/N-ethyl adjacent to an activating group) is 1.